The van der Waals surface area contributed by atoms with Crippen LogP contribution in [0.25, 0.3) is 0 Å². The van der Waals surface area contributed by atoms with E-state index in [1.54, 1.807) is 12.1 Å². The summed E-state index contributed by atoms with van der Waals surface area (Å²) in [5.74, 6) is -5.09. The zero-order valence-corrected chi connectivity index (χ0v) is 23.1. The summed E-state index contributed by atoms with van der Waals surface area (Å²) in [4.78, 5) is 37.6. The minimum Gasteiger partial charge on any atom is -0.326 e. The molecule has 0 aromatic heterocycles. The van der Waals surface area contributed by atoms with E-state index >= 15 is 0 Å². The van der Waals surface area contributed by atoms with Crippen LogP contribution in [0.4, 0.5) is 20.2 Å². The zero-order valence-electron chi connectivity index (χ0n) is 19.4. The second kappa shape index (κ2) is 11.0. The minimum atomic E-state index is -1.41. The van der Waals surface area contributed by atoms with E-state index < -0.39 is 51.8 Å². The molecule has 2 N–H and O–H groups in total. The van der Waals surface area contributed by atoms with Crippen molar-refractivity contribution in [2.24, 2.45) is 5.92 Å². The van der Waals surface area contributed by atoms with Crippen LogP contribution in [0.5, 0.6) is 0 Å². The standard InChI is InChI=1S/C26H17Cl5F2N2O3/c1-11(36)34-24-13(6-16(32)9-20(24)33)7-21(37)18-10-17(2-3-19(18)29)35-25(38)23-22(26(23,30)31)12-4-14(27)8-15(28)5-12/h2-6,8-10,22-23H,7H2,1H3,(H,34,36)(H,35,38). The first-order valence-electron chi connectivity index (χ1n) is 11.0. The van der Waals surface area contributed by atoms with Crippen molar-refractivity contribution < 1.29 is 23.2 Å². The highest BCUT2D eigenvalue weighted by molar-refractivity contribution is 6.53. The van der Waals surface area contributed by atoms with Gasteiger partial charge in [0.2, 0.25) is 11.8 Å². The molecule has 38 heavy (non-hydrogen) atoms. The van der Waals surface area contributed by atoms with E-state index in [9.17, 15) is 23.2 Å². The molecule has 3 aromatic rings. The average Bonchev–Trinajstić information content (AvgIpc) is 3.38. The van der Waals surface area contributed by atoms with Gasteiger partial charge < -0.3 is 10.6 Å². The van der Waals surface area contributed by atoms with Gasteiger partial charge in [-0.15, -0.1) is 23.2 Å². The molecule has 1 aliphatic rings. The number of carbonyl (C=O) groups is 3. The highest BCUT2D eigenvalue weighted by Crippen LogP contribution is 2.65. The maximum absolute atomic E-state index is 14.3. The first kappa shape index (κ1) is 28.6. The molecule has 1 fully saturated rings. The van der Waals surface area contributed by atoms with Gasteiger partial charge in [-0.3, -0.25) is 14.4 Å². The molecule has 5 nitrogen and oxygen atoms in total. The number of benzene rings is 3. The van der Waals surface area contributed by atoms with Gasteiger partial charge in [0.05, 0.1) is 16.6 Å². The monoisotopic (exact) mass is 618 g/mol. The highest BCUT2D eigenvalue weighted by atomic mass is 35.5. The number of hydrogen-bond acceptors (Lipinski definition) is 3. The van der Waals surface area contributed by atoms with Crippen LogP contribution >= 0.6 is 58.0 Å². The van der Waals surface area contributed by atoms with Crippen molar-refractivity contribution in [2.45, 2.75) is 23.6 Å². The van der Waals surface area contributed by atoms with Gasteiger partial charge >= 0.3 is 0 Å². The Kier molecular flexibility index (Phi) is 8.26. The molecule has 0 heterocycles. The molecule has 2 atom stereocenters. The van der Waals surface area contributed by atoms with E-state index in [1.807, 2.05) is 0 Å². The van der Waals surface area contributed by atoms with E-state index in [1.165, 1.54) is 24.3 Å². The predicted molar refractivity (Wildman–Crippen MR) is 146 cm³/mol. The molecule has 1 saturated carbocycles. The van der Waals surface area contributed by atoms with Crippen molar-refractivity contribution in [1.82, 2.24) is 0 Å². The molecular weight excluding hydrogens is 604 g/mol. The number of rotatable bonds is 7. The number of anilines is 2. The smallest absolute Gasteiger partial charge is 0.231 e. The van der Waals surface area contributed by atoms with Crippen molar-refractivity contribution in [1.29, 1.82) is 0 Å². The van der Waals surface area contributed by atoms with Crippen molar-refractivity contribution in [3.8, 4) is 0 Å². The molecule has 12 heteroatoms. The van der Waals surface area contributed by atoms with E-state index in [4.69, 9.17) is 58.0 Å². The van der Waals surface area contributed by atoms with Crippen LogP contribution in [0.1, 0.15) is 34.3 Å². The molecule has 2 amide bonds. The number of Topliss-reactive ketones (excluding diaryl/α,β-unsaturated/α-hetero) is 1. The SMILES string of the molecule is CC(=O)Nc1c(F)cc(F)cc1CC(=O)c1cc(NC(=O)C2C(c3cc(Cl)cc(Cl)c3)C2(Cl)Cl)ccc1Cl. The minimum absolute atomic E-state index is 0.0140. The van der Waals surface area contributed by atoms with Crippen LogP contribution in [-0.2, 0) is 16.0 Å². The van der Waals surface area contributed by atoms with Crippen LogP contribution in [0.3, 0.4) is 0 Å². The Morgan fingerprint density at radius 1 is 0.921 bits per heavy atom. The molecule has 0 radical (unpaired) electrons. The third-order valence-electron chi connectivity index (χ3n) is 5.90. The summed E-state index contributed by atoms with van der Waals surface area (Å²) in [5, 5.41) is 5.71. The number of halogens is 7. The Hall–Kier alpha value is -2.42. The molecule has 0 aliphatic heterocycles. The number of ketones is 1. The Bertz CT molecular complexity index is 1460. The highest BCUT2D eigenvalue weighted by Gasteiger charge is 2.67. The first-order valence-corrected chi connectivity index (χ1v) is 12.9. The summed E-state index contributed by atoms with van der Waals surface area (Å²) in [6, 6.07) is 10.5. The summed E-state index contributed by atoms with van der Waals surface area (Å²) in [6.45, 7) is 1.15. The summed E-state index contributed by atoms with van der Waals surface area (Å²) >= 11 is 31.1. The van der Waals surface area contributed by atoms with Gasteiger partial charge in [0.15, 0.2) is 5.78 Å². The van der Waals surface area contributed by atoms with Gasteiger partial charge in [0.1, 0.15) is 16.0 Å². The third kappa shape index (κ3) is 6.08. The third-order valence-corrected chi connectivity index (χ3v) is 7.61. The Balaban J connectivity index is 1.55. The van der Waals surface area contributed by atoms with Gasteiger partial charge in [-0.1, -0.05) is 34.8 Å². The quantitative estimate of drug-likeness (QED) is 0.209. The van der Waals surface area contributed by atoms with Crippen LogP contribution < -0.4 is 10.6 Å². The largest absolute Gasteiger partial charge is 0.326 e. The van der Waals surface area contributed by atoms with E-state index in [2.05, 4.69) is 10.6 Å². The predicted octanol–water partition coefficient (Wildman–Crippen LogP) is 7.83. The fraction of sp³-hybridized carbons (Fsp3) is 0.192. The van der Waals surface area contributed by atoms with Crippen molar-refractivity contribution in [2.75, 3.05) is 10.6 Å². The number of alkyl halides is 2. The van der Waals surface area contributed by atoms with Crippen LogP contribution in [0.15, 0.2) is 48.5 Å². The first-order chi connectivity index (χ1) is 17.8. The molecule has 3 aromatic carbocycles. The lowest BCUT2D eigenvalue weighted by Gasteiger charge is -2.13. The van der Waals surface area contributed by atoms with Gasteiger partial charge in [-0.25, -0.2) is 8.78 Å². The lowest BCUT2D eigenvalue weighted by Crippen LogP contribution is -2.18. The Morgan fingerprint density at radius 2 is 1.58 bits per heavy atom. The fourth-order valence-corrected chi connectivity index (χ4v) is 5.80. The maximum atomic E-state index is 14.3. The van der Waals surface area contributed by atoms with Gasteiger partial charge in [-0.2, -0.15) is 0 Å². The fourth-order valence-electron chi connectivity index (χ4n) is 4.21. The maximum Gasteiger partial charge on any atom is 0.231 e. The Labute approximate surface area is 241 Å². The van der Waals surface area contributed by atoms with Gasteiger partial charge in [0, 0.05) is 46.6 Å². The summed E-state index contributed by atoms with van der Waals surface area (Å²) in [6.07, 6.45) is -0.478. The second-order valence-electron chi connectivity index (χ2n) is 8.72. The lowest BCUT2D eigenvalue weighted by molar-refractivity contribution is -0.117. The van der Waals surface area contributed by atoms with Gasteiger partial charge in [-0.05, 0) is 53.6 Å². The van der Waals surface area contributed by atoms with Crippen molar-refractivity contribution >= 4 is 87.0 Å². The molecule has 0 saturated heterocycles. The number of carbonyl (C=O) groups excluding carboxylic acids is 3. The molecule has 0 spiro atoms. The molecule has 0 bridgehead atoms. The number of hydrogen-bond donors (Lipinski definition) is 2. The normalized spacial score (nSPS) is 17.6. The molecule has 4 rings (SSSR count). The van der Waals surface area contributed by atoms with Crippen LogP contribution in [-0.4, -0.2) is 21.9 Å². The molecule has 2 unspecified atom stereocenters. The topological polar surface area (TPSA) is 75.3 Å². The van der Waals surface area contributed by atoms with Crippen molar-refractivity contribution in [3.05, 3.63) is 91.9 Å². The van der Waals surface area contributed by atoms with Crippen LogP contribution in [0, 0.1) is 17.6 Å². The number of amides is 2. The van der Waals surface area contributed by atoms with Gasteiger partial charge in [0.25, 0.3) is 0 Å². The summed E-state index contributed by atoms with van der Waals surface area (Å²) < 4.78 is 26.7. The average molecular weight is 621 g/mol. The second-order valence-corrected chi connectivity index (χ2v) is 11.4. The van der Waals surface area contributed by atoms with Crippen molar-refractivity contribution in [3.63, 3.8) is 0 Å². The van der Waals surface area contributed by atoms with E-state index in [0.29, 0.717) is 21.7 Å². The van der Waals surface area contributed by atoms with Crippen LogP contribution in [0.2, 0.25) is 15.1 Å². The zero-order chi connectivity index (χ0) is 27.9. The molecular formula is C26H17Cl5F2N2O3. The molecule has 1 aliphatic carbocycles. The summed E-state index contributed by atoms with van der Waals surface area (Å²) in [5.41, 5.74) is 0.406. The van der Waals surface area contributed by atoms with E-state index in [0.717, 1.165) is 13.0 Å². The Morgan fingerprint density at radius 3 is 2.21 bits per heavy atom. The lowest BCUT2D eigenvalue weighted by atomic mass is 10.0. The molecule has 198 valence electrons. The summed E-state index contributed by atoms with van der Waals surface area (Å²) in [7, 11) is 0. The van der Waals surface area contributed by atoms with E-state index in [-0.39, 0.29) is 27.5 Å². The number of nitrogens with one attached hydrogen (secondary N) is 2.